The molecule has 0 saturated carbocycles. The molecular weight excluding hydrogens is 216 g/mol. The Labute approximate surface area is 100 Å². The third-order valence-electron chi connectivity index (χ3n) is 2.43. The summed E-state index contributed by atoms with van der Waals surface area (Å²) in [6, 6.07) is 9.82. The Balaban J connectivity index is 2.01. The van der Waals surface area contributed by atoms with Crippen molar-refractivity contribution in [2.45, 2.75) is 19.5 Å². The van der Waals surface area contributed by atoms with E-state index in [1.165, 1.54) is 0 Å². The first-order valence-corrected chi connectivity index (χ1v) is 5.60. The van der Waals surface area contributed by atoms with Crippen molar-refractivity contribution in [3.05, 3.63) is 42.2 Å². The highest BCUT2D eigenvalue weighted by Gasteiger charge is 2.04. The topological polar surface area (TPSA) is 63.0 Å². The Morgan fingerprint density at radius 2 is 2.12 bits per heavy atom. The Kier molecular flexibility index (Phi) is 3.85. The Hall–Kier alpha value is -1.72. The van der Waals surface area contributed by atoms with Crippen molar-refractivity contribution < 1.29 is 5.11 Å². The summed E-state index contributed by atoms with van der Waals surface area (Å²) in [4.78, 5) is 1.60. The minimum Gasteiger partial charge on any atom is -0.395 e. The second-order valence-corrected chi connectivity index (χ2v) is 3.93. The number of nitrogens with one attached hydrogen (secondary N) is 1. The van der Waals surface area contributed by atoms with E-state index in [0.717, 1.165) is 11.4 Å². The molecule has 0 bridgehead atoms. The summed E-state index contributed by atoms with van der Waals surface area (Å²) in [6.45, 7) is 2.64. The van der Waals surface area contributed by atoms with Gasteiger partial charge in [-0.25, -0.2) is 0 Å². The molecule has 5 heteroatoms. The fourth-order valence-electron chi connectivity index (χ4n) is 1.40. The second kappa shape index (κ2) is 5.56. The summed E-state index contributed by atoms with van der Waals surface area (Å²) in [6.07, 6.45) is 1.73. The molecule has 1 aromatic carbocycles. The largest absolute Gasteiger partial charge is 0.395 e. The van der Waals surface area contributed by atoms with Crippen LogP contribution in [-0.2, 0) is 6.54 Å². The van der Waals surface area contributed by atoms with Crippen molar-refractivity contribution in [3.63, 3.8) is 0 Å². The van der Waals surface area contributed by atoms with E-state index in [2.05, 4.69) is 15.5 Å². The molecule has 2 rings (SSSR count). The van der Waals surface area contributed by atoms with Crippen LogP contribution in [-0.4, -0.2) is 32.7 Å². The molecule has 1 atom stereocenters. The third-order valence-corrected chi connectivity index (χ3v) is 2.43. The monoisotopic (exact) mass is 232 g/mol. The van der Waals surface area contributed by atoms with Crippen LogP contribution in [0.2, 0.25) is 0 Å². The standard InChI is InChI=1S/C12H16N4O/c1-10(9-17)13-7-11-8-14-16(15-11)12-5-3-2-4-6-12/h2-6,8,10,13,17H,7,9H2,1H3. The van der Waals surface area contributed by atoms with Gasteiger partial charge in [-0.15, -0.1) is 0 Å². The summed E-state index contributed by atoms with van der Waals surface area (Å²) >= 11 is 0. The molecule has 0 fully saturated rings. The molecule has 2 N–H and O–H groups in total. The average molecular weight is 232 g/mol. The van der Waals surface area contributed by atoms with Crippen LogP contribution in [0, 0.1) is 0 Å². The SMILES string of the molecule is CC(CO)NCc1cnn(-c2ccccc2)n1. The average Bonchev–Trinajstić information content (AvgIpc) is 2.86. The van der Waals surface area contributed by atoms with E-state index in [1.807, 2.05) is 37.3 Å². The molecule has 1 unspecified atom stereocenters. The van der Waals surface area contributed by atoms with E-state index >= 15 is 0 Å². The van der Waals surface area contributed by atoms with Crippen molar-refractivity contribution in [1.82, 2.24) is 20.3 Å². The van der Waals surface area contributed by atoms with E-state index in [9.17, 15) is 0 Å². The van der Waals surface area contributed by atoms with Crippen LogP contribution in [0.25, 0.3) is 5.69 Å². The van der Waals surface area contributed by atoms with Crippen molar-refractivity contribution >= 4 is 0 Å². The number of rotatable bonds is 5. The lowest BCUT2D eigenvalue weighted by atomic mass is 10.3. The van der Waals surface area contributed by atoms with Crippen LogP contribution in [0.15, 0.2) is 36.5 Å². The van der Waals surface area contributed by atoms with Crippen LogP contribution in [0.3, 0.4) is 0 Å². The van der Waals surface area contributed by atoms with E-state index in [0.29, 0.717) is 6.54 Å². The predicted molar refractivity (Wildman–Crippen MR) is 64.7 cm³/mol. The Bertz CT molecular complexity index is 455. The summed E-state index contributed by atoms with van der Waals surface area (Å²) in [5.41, 5.74) is 1.79. The maximum absolute atomic E-state index is 8.89. The first-order valence-electron chi connectivity index (χ1n) is 5.60. The van der Waals surface area contributed by atoms with E-state index in [4.69, 9.17) is 5.11 Å². The molecule has 1 aromatic heterocycles. The molecule has 0 amide bonds. The molecule has 0 aliphatic rings. The fourth-order valence-corrected chi connectivity index (χ4v) is 1.40. The highest BCUT2D eigenvalue weighted by atomic mass is 16.3. The number of para-hydroxylation sites is 1. The fraction of sp³-hybridized carbons (Fsp3) is 0.333. The van der Waals surface area contributed by atoms with Crippen molar-refractivity contribution in [2.75, 3.05) is 6.61 Å². The van der Waals surface area contributed by atoms with Crippen LogP contribution >= 0.6 is 0 Å². The lowest BCUT2D eigenvalue weighted by Gasteiger charge is -2.07. The normalized spacial score (nSPS) is 12.6. The zero-order chi connectivity index (χ0) is 12.1. The second-order valence-electron chi connectivity index (χ2n) is 3.93. The van der Waals surface area contributed by atoms with Gasteiger partial charge in [-0.3, -0.25) is 0 Å². The lowest BCUT2D eigenvalue weighted by Crippen LogP contribution is -2.28. The molecule has 17 heavy (non-hydrogen) atoms. The smallest absolute Gasteiger partial charge is 0.0969 e. The summed E-state index contributed by atoms with van der Waals surface area (Å²) in [5, 5.41) is 20.6. The maximum atomic E-state index is 8.89. The molecule has 0 spiro atoms. The van der Waals surface area contributed by atoms with E-state index in [1.54, 1.807) is 11.0 Å². The number of aliphatic hydroxyl groups excluding tert-OH is 1. The third kappa shape index (κ3) is 3.12. The molecule has 90 valence electrons. The molecule has 0 aliphatic carbocycles. The first kappa shape index (κ1) is 11.8. The van der Waals surface area contributed by atoms with Gasteiger partial charge in [0, 0.05) is 12.6 Å². The van der Waals surface area contributed by atoms with Gasteiger partial charge in [0.15, 0.2) is 0 Å². The number of benzene rings is 1. The van der Waals surface area contributed by atoms with Crippen molar-refractivity contribution in [3.8, 4) is 5.69 Å². The van der Waals surface area contributed by atoms with Crippen LogP contribution < -0.4 is 5.32 Å². The molecule has 0 saturated heterocycles. The summed E-state index contributed by atoms with van der Waals surface area (Å²) in [5.74, 6) is 0. The van der Waals surface area contributed by atoms with Gasteiger partial charge in [0.05, 0.1) is 24.2 Å². The summed E-state index contributed by atoms with van der Waals surface area (Å²) in [7, 11) is 0. The van der Waals surface area contributed by atoms with Crippen LogP contribution in [0.1, 0.15) is 12.6 Å². The Morgan fingerprint density at radius 3 is 2.82 bits per heavy atom. The number of hydrogen-bond donors (Lipinski definition) is 2. The minimum absolute atomic E-state index is 0.0666. The number of aromatic nitrogens is 3. The molecule has 2 aromatic rings. The zero-order valence-electron chi connectivity index (χ0n) is 9.74. The summed E-state index contributed by atoms with van der Waals surface area (Å²) < 4.78 is 0. The van der Waals surface area contributed by atoms with Gasteiger partial charge in [-0.1, -0.05) is 18.2 Å². The van der Waals surface area contributed by atoms with Crippen molar-refractivity contribution in [1.29, 1.82) is 0 Å². The van der Waals surface area contributed by atoms with Gasteiger partial charge in [-0.2, -0.15) is 15.0 Å². The quantitative estimate of drug-likeness (QED) is 0.798. The zero-order valence-corrected chi connectivity index (χ0v) is 9.74. The maximum Gasteiger partial charge on any atom is 0.0969 e. The van der Waals surface area contributed by atoms with Gasteiger partial charge in [0.2, 0.25) is 0 Å². The number of nitrogens with zero attached hydrogens (tertiary/aromatic N) is 3. The molecule has 1 heterocycles. The van der Waals surface area contributed by atoms with Crippen LogP contribution in [0.5, 0.6) is 0 Å². The number of aliphatic hydroxyl groups is 1. The number of hydrogen-bond acceptors (Lipinski definition) is 4. The first-order chi connectivity index (χ1) is 8.29. The van der Waals surface area contributed by atoms with Gasteiger partial charge in [0.1, 0.15) is 0 Å². The van der Waals surface area contributed by atoms with Crippen molar-refractivity contribution in [2.24, 2.45) is 0 Å². The van der Waals surface area contributed by atoms with Crippen LogP contribution in [0.4, 0.5) is 0 Å². The van der Waals surface area contributed by atoms with E-state index < -0.39 is 0 Å². The van der Waals surface area contributed by atoms with Gasteiger partial charge >= 0.3 is 0 Å². The lowest BCUT2D eigenvalue weighted by molar-refractivity contribution is 0.250. The van der Waals surface area contributed by atoms with Gasteiger partial charge in [0.25, 0.3) is 0 Å². The highest BCUT2D eigenvalue weighted by Crippen LogP contribution is 2.04. The molecule has 0 radical (unpaired) electrons. The molecule has 5 nitrogen and oxygen atoms in total. The molecule has 0 aliphatic heterocycles. The highest BCUT2D eigenvalue weighted by molar-refractivity contribution is 5.28. The predicted octanol–water partition coefficient (Wildman–Crippen LogP) is 0.738. The molecular formula is C12H16N4O. The minimum atomic E-state index is 0.0666. The Morgan fingerprint density at radius 1 is 1.35 bits per heavy atom. The van der Waals surface area contributed by atoms with E-state index in [-0.39, 0.29) is 12.6 Å². The van der Waals surface area contributed by atoms with Gasteiger partial charge in [-0.05, 0) is 19.1 Å². The van der Waals surface area contributed by atoms with Gasteiger partial charge < -0.3 is 10.4 Å².